The Labute approximate surface area is 262 Å². The average molecular weight is 579 g/mol. The largest absolute Gasteiger partial charge is 0.457 e. The quantitative estimate of drug-likeness (QED) is 0.208. The maximum absolute atomic E-state index is 6.53. The molecule has 1 aliphatic rings. The molecule has 8 aromatic rings. The molecule has 0 atom stereocenters. The third kappa shape index (κ3) is 4.03. The number of fused-ring (bicyclic) bond motifs is 7. The van der Waals surface area contributed by atoms with Crippen molar-refractivity contribution in [3.05, 3.63) is 157 Å². The number of rotatable bonds is 3. The lowest BCUT2D eigenvalue weighted by atomic mass is 9.75. The zero-order valence-electron chi connectivity index (χ0n) is 25.2. The fraction of sp³-hybridized carbons (Fsp3) is 0.0698. The monoisotopic (exact) mass is 578 g/mol. The van der Waals surface area contributed by atoms with Crippen LogP contribution in [0.3, 0.4) is 0 Å². The van der Waals surface area contributed by atoms with E-state index in [0.29, 0.717) is 0 Å². The third-order valence-corrected chi connectivity index (χ3v) is 9.51. The molecule has 1 aliphatic heterocycles. The second-order valence-corrected chi connectivity index (χ2v) is 12.5. The van der Waals surface area contributed by atoms with E-state index in [0.717, 1.165) is 55.7 Å². The summed E-state index contributed by atoms with van der Waals surface area (Å²) >= 11 is 0. The number of furan rings is 1. The van der Waals surface area contributed by atoms with Crippen molar-refractivity contribution in [3.8, 4) is 44.9 Å². The molecule has 0 unspecified atom stereocenters. The van der Waals surface area contributed by atoms with Crippen LogP contribution in [0, 0.1) is 0 Å². The van der Waals surface area contributed by atoms with Crippen molar-refractivity contribution < 1.29 is 9.15 Å². The third-order valence-electron chi connectivity index (χ3n) is 9.51. The van der Waals surface area contributed by atoms with Crippen molar-refractivity contribution in [2.75, 3.05) is 0 Å². The Hall–Kier alpha value is -5.60. The number of hydrogen-bond acceptors (Lipinski definition) is 2. The van der Waals surface area contributed by atoms with E-state index in [-0.39, 0.29) is 5.41 Å². The molecule has 0 radical (unpaired) electrons. The van der Waals surface area contributed by atoms with Gasteiger partial charge in [0.2, 0.25) is 0 Å². The molecule has 7 aromatic carbocycles. The van der Waals surface area contributed by atoms with E-state index in [1.807, 2.05) is 6.07 Å². The Bertz CT molecular complexity index is 2430. The molecule has 0 spiro atoms. The standard InChI is InChI=1S/C43H30O2/c1-43(2)35-16-8-9-17-37(35)44-40-26-29(19-21-36(40)43)31-23-30(27-11-4-3-5-12-27)24-32(25-31)34-15-10-18-38-42(34)41-33-14-7-6-13-28(33)20-22-39(41)45-38/h3-26H,1-2H3. The van der Waals surface area contributed by atoms with Gasteiger partial charge >= 0.3 is 0 Å². The molecule has 2 heterocycles. The highest BCUT2D eigenvalue weighted by Crippen LogP contribution is 2.49. The molecule has 0 aliphatic carbocycles. The predicted octanol–water partition coefficient (Wildman–Crippen LogP) is 12.2. The van der Waals surface area contributed by atoms with Crippen LogP contribution in [0.1, 0.15) is 25.0 Å². The van der Waals surface area contributed by atoms with E-state index < -0.39 is 0 Å². The van der Waals surface area contributed by atoms with E-state index in [1.165, 1.54) is 33.0 Å². The van der Waals surface area contributed by atoms with Gasteiger partial charge in [-0.1, -0.05) is 117 Å². The van der Waals surface area contributed by atoms with Crippen molar-refractivity contribution in [3.63, 3.8) is 0 Å². The summed E-state index contributed by atoms with van der Waals surface area (Å²) < 4.78 is 13.0. The van der Waals surface area contributed by atoms with E-state index >= 15 is 0 Å². The molecular weight excluding hydrogens is 548 g/mol. The van der Waals surface area contributed by atoms with Gasteiger partial charge in [-0.3, -0.25) is 0 Å². The van der Waals surface area contributed by atoms with E-state index in [9.17, 15) is 0 Å². The van der Waals surface area contributed by atoms with E-state index in [2.05, 4.69) is 153 Å². The van der Waals surface area contributed by atoms with Gasteiger partial charge in [-0.15, -0.1) is 0 Å². The number of para-hydroxylation sites is 1. The van der Waals surface area contributed by atoms with Crippen LogP contribution in [-0.4, -0.2) is 0 Å². The summed E-state index contributed by atoms with van der Waals surface area (Å²) in [7, 11) is 0. The average Bonchev–Trinajstić information content (AvgIpc) is 3.48. The first-order valence-corrected chi connectivity index (χ1v) is 15.5. The lowest BCUT2D eigenvalue weighted by molar-refractivity contribution is 0.418. The smallest absolute Gasteiger partial charge is 0.136 e. The number of benzene rings is 7. The van der Waals surface area contributed by atoms with E-state index in [4.69, 9.17) is 9.15 Å². The minimum atomic E-state index is -0.152. The number of hydrogen-bond donors (Lipinski definition) is 0. The first-order valence-electron chi connectivity index (χ1n) is 15.5. The van der Waals surface area contributed by atoms with E-state index in [1.54, 1.807) is 0 Å². The molecule has 9 rings (SSSR count). The minimum absolute atomic E-state index is 0.152. The summed E-state index contributed by atoms with van der Waals surface area (Å²) in [6.45, 7) is 4.56. The second-order valence-electron chi connectivity index (χ2n) is 12.5. The first-order chi connectivity index (χ1) is 22.0. The van der Waals surface area contributed by atoms with Gasteiger partial charge in [-0.05, 0) is 86.6 Å². The SMILES string of the molecule is CC1(C)c2ccccc2Oc2cc(-c3cc(-c4ccccc4)cc(-c4cccc5oc6ccc7ccccc7c6c45)c3)ccc21. The summed E-state index contributed by atoms with van der Waals surface area (Å²) in [5, 5.41) is 4.72. The maximum atomic E-state index is 6.53. The Balaban J connectivity index is 1.28. The Morgan fingerprint density at radius 3 is 2.04 bits per heavy atom. The normalized spacial score (nSPS) is 13.5. The van der Waals surface area contributed by atoms with Crippen molar-refractivity contribution in [1.82, 2.24) is 0 Å². The Morgan fingerprint density at radius 1 is 0.444 bits per heavy atom. The fourth-order valence-corrected chi connectivity index (χ4v) is 7.21. The Kier molecular flexibility index (Phi) is 5.58. The topological polar surface area (TPSA) is 22.4 Å². The molecule has 2 nitrogen and oxygen atoms in total. The first kappa shape index (κ1) is 25.9. The van der Waals surface area contributed by atoms with Crippen molar-refractivity contribution >= 4 is 32.7 Å². The summed E-state index contributed by atoms with van der Waals surface area (Å²) in [4.78, 5) is 0. The fourth-order valence-electron chi connectivity index (χ4n) is 7.21. The maximum Gasteiger partial charge on any atom is 0.136 e. The zero-order chi connectivity index (χ0) is 30.1. The number of ether oxygens (including phenoxy) is 1. The van der Waals surface area contributed by atoms with Gasteiger partial charge in [0, 0.05) is 27.3 Å². The van der Waals surface area contributed by atoms with Crippen molar-refractivity contribution in [1.29, 1.82) is 0 Å². The lowest BCUT2D eigenvalue weighted by Crippen LogP contribution is -2.24. The van der Waals surface area contributed by atoms with Crippen molar-refractivity contribution in [2.45, 2.75) is 19.3 Å². The van der Waals surface area contributed by atoms with Gasteiger partial charge in [0.05, 0.1) is 0 Å². The lowest BCUT2D eigenvalue weighted by Gasteiger charge is -2.34. The molecule has 0 N–H and O–H groups in total. The molecule has 0 saturated carbocycles. The molecule has 0 saturated heterocycles. The molecule has 0 fully saturated rings. The summed E-state index contributed by atoms with van der Waals surface area (Å²) in [6.07, 6.45) is 0. The molecule has 2 heteroatoms. The second kappa shape index (κ2) is 9.70. The Morgan fingerprint density at radius 2 is 1.16 bits per heavy atom. The van der Waals surface area contributed by atoms with Gasteiger partial charge < -0.3 is 9.15 Å². The van der Waals surface area contributed by atoms with Gasteiger partial charge in [-0.25, -0.2) is 0 Å². The van der Waals surface area contributed by atoms with Crippen LogP contribution in [0.4, 0.5) is 0 Å². The predicted molar refractivity (Wildman–Crippen MR) is 186 cm³/mol. The molecule has 214 valence electrons. The summed E-state index contributed by atoms with van der Waals surface area (Å²) in [5.74, 6) is 1.84. The highest BCUT2D eigenvalue weighted by atomic mass is 16.5. The van der Waals surface area contributed by atoms with Crippen LogP contribution in [0.15, 0.2) is 150 Å². The molecule has 0 amide bonds. The van der Waals surface area contributed by atoms with Gasteiger partial charge in [0.25, 0.3) is 0 Å². The molecule has 45 heavy (non-hydrogen) atoms. The minimum Gasteiger partial charge on any atom is -0.457 e. The van der Waals surface area contributed by atoms with Crippen LogP contribution in [-0.2, 0) is 5.41 Å². The van der Waals surface area contributed by atoms with Gasteiger partial charge in [0.1, 0.15) is 22.7 Å². The molecular formula is C43H30O2. The summed E-state index contributed by atoms with van der Waals surface area (Å²) in [5.41, 5.74) is 11.0. The van der Waals surface area contributed by atoms with Crippen LogP contribution in [0.25, 0.3) is 66.1 Å². The van der Waals surface area contributed by atoms with Crippen LogP contribution < -0.4 is 4.74 Å². The van der Waals surface area contributed by atoms with Gasteiger partial charge in [-0.2, -0.15) is 0 Å². The highest BCUT2D eigenvalue weighted by Gasteiger charge is 2.34. The highest BCUT2D eigenvalue weighted by molar-refractivity contribution is 6.22. The van der Waals surface area contributed by atoms with Gasteiger partial charge in [0.15, 0.2) is 0 Å². The van der Waals surface area contributed by atoms with Crippen LogP contribution >= 0.6 is 0 Å². The van der Waals surface area contributed by atoms with Crippen LogP contribution in [0.2, 0.25) is 0 Å². The summed E-state index contributed by atoms with van der Waals surface area (Å²) in [6, 6.07) is 51.8. The molecule has 1 aromatic heterocycles. The molecule has 0 bridgehead atoms. The van der Waals surface area contributed by atoms with Crippen molar-refractivity contribution in [2.24, 2.45) is 0 Å². The van der Waals surface area contributed by atoms with Crippen LogP contribution in [0.5, 0.6) is 11.5 Å². The zero-order valence-corrected chi connectivity index (χ0v) is 25.2.